The molecule has 2 amide bonds. The molecule has 7 heteroatoms. The summed E-state index contributed by atoms with van der Waals surface area (Å²) in [4.78, 5) is 41.0. The van der Waals surface area contributed by atoms with Crippen molar-refractivity contribution in [2.75, 3.05) is 0 Å². The number of nitrogens with one attached hydrogen (secondary N) is 1. The van der Waals surface area contributed by atoms with Crippen LogP contribution in [0.5, 0.6) is 0 Å². The van der Waals surface area contributed by atoms with Crippen molar-refractivity contribution >= 4 is 22.9 Å². The molecule has 0 saturated carbocycles. The zero-order chi connectivity index (χ0) is 21.5. The summed E-state index contributed by atoms with van der Waals surface area (Å²) in [6, 6.07) is 19.8. The van der Waals surface area contributed by atoms with E-state index in [1.165, 1.54) is 0 Å². The Morgan fingerprint density at radius 3 is 2.65 bits per heavy atom. The summed E-state index contributed by atoms with van der Waals surface area (Å²) < 4.78 is 5.16. The molecule has 1 aromatic heterocycles. The van der Waals surface area contributed by atoms with Gasteiger partial charge in [0, 0.05) is 17.7 Å². The zero-order valence-corrected chi connectivity index (χ0v) is 16.5. The number of benzene rings is 3. The summed E-state index contributed by atoms with van der Waals surface area (Å²) in [6.07, 6.45) is 0.462. The van der Waals surface area contributed by atoms with E-state index in [2.05, 4.69) is 4.98 Å². The third kappa shape index (κ3) is 3.30. The molecule has 2 heterocycles. The normalized spacial score (nSPS) is 15.4. The maximum Gasteiger partial charge on any atom is 0.417 e. The van der Waals surface area contributed by atoms with E-state index in [1.54, 1.807) is 29.2 Å². The highest BCUT2D eigenvalue weighted by atomic mass is 16.4. The average molecular weight is 413 g/mol. The van der Waals surface area contributed by atoms with Crippen LogP contribution in [-0.4, -0.2) is 21.7 Å². The van der Waals surface area contributed by atoms with Crippen LogP contribution in [0.1, 0.15) is 43.4 Å². The van der Waals surface area contributed by atoms with Gasteiger partial charge in [-0.05, 0) is 47.4 Å². The van der Waals surface area contributed by atoms with Gasteiger partial charge in [0.1, 0.15) is 0 Å². The maximum absolute atomic E-state index is 13.2. The van der Waals surface area contributed by atoms with Gasteiger partial charge in [0.25, 0.3) is 5.91 Å². The number of oxazole rings is 1. The first-order valence-electron chi connectivity index (χ1n) is 9.90. The van der Waals surface area contributed by atoms with Crippen molar-refractivity contribution in [1.82, 2.24) is 9.88 Å². The SMILES string of the molecule is NC(=O)c1ccccc1CC1c2ccccc2C(=O)N1Cc1ccc2[nH]c(=O)oc2c1. The Morgan fingerprint density at radius 2 is 1.81 bits per heavy atom. The van der Waals surface area contributed by atoms with Gasteiger partial charge in [0.05, 0.1) is 11.6 Å². The first-order valence-corrected chi connectivity index (χ1v) is 9.90. The smallest absolute Gasteiger partial charge is 0.408 e. The van der Waals surface area contributed by atoms with Gasteiger partial charge in [0.2, 0.25) is 5.91 Å². The van der Waals surface area contributed by atoms with Gasteiger partial charge in [-0.25, -0.2) is 4.79 Å². The fourth-order valence-electron chi connectivity index (χ4n) is 4.28. The molecule has 0 spiro atoms. The second kappa shape index (κ2) is 7.28. The summed E-state index contributed by atoms with van der Waals surface area (Å²) in [5.74, 6) is -1.08. The van der Waals surface area contributed by atoms with E-state index < -0.39 is 11.7 Å². The number of H-pyrrole nitrogens is 1. The van der Waals surface area contributed by atoms with Crippen LogP contribution in [0, 0.1) is 0 Å². The van der Waals surface area contributed by atoms with Crippen LogP contribution >= 0.6 is 0 Å². The van der Waals surface area contributed by atoms with Crippen molar-refractivity contribution in [3.05, 3.63) is 105 Å². The van der Waals surface area contributed by atoms with Crippen LogP contribution in [0.15, 0.2) is 75.9 Å². The molecule has 0 aliphatic carbocycles. The van der Waals surface area contributed by atoms with Gasteiger partial charge in [-0.3, -0.25) is 14.6 Å². The molecular weight excluding hydrogens is 394 g/mol. The number of amides is 2. The largest absolute Gasteiger partial charge is 0.417 e. The Kier molecular flexibility index (Phi) is 4.43. The first kappa shape index (κ1) is 18.9. The van der Waals surface area contributed by atoms with Gasteiger partial charge < -0.3 is 15.1 Å². The molecule has 4 aromatic rings. The number of aromatic amines is 1. The second-order valence-corrected chi connectivity index (χ2v) is 7.61. The number of rotatable bonds is 5. The number of carbonyl (C=O) groups excluding carboxylic acids is 2. The quantitative estimate of drug-likeness (QED) is 0.524. The highest BCUT2D eigenvalue weighted by Gasteiger charge is 2.36. The summed E-state index contributed by atoms with van der Waals surface area (Å²) in [5.41, 5.74) is 10.3. The number of primary amides is 1. The first-order chi connectivity index (χ1) is 15.0. The van der Waals surface area contributed by atoms with E-state index in [1.807, 2.05) is 42.5 Å². The van der Waals surface area contributed by atoms with E-state index in [0.29, 0.717) is 35.2 Å². The van der Waals surface area contributed by atoms with Crippen LogP contribution in [0.2, 0.25) is 0 Å². The van der Waals surface area contributed by atoms with E-state index in [-0.39, 0.29) is 11.9 Å². The minimum Gasteiger partial charge on any atom is -0.408 e. The lowest BCUT2D eigenvalue weighted by molar-refractivity contribution is 0.0709. The summed E-state index contributed by atoms with van der Waals surface area (Å²) in [7, 11) is 0. The van der Waals surface area contributed by atoms with E-state index in [4.69, 9.17) is 10.2 Å². The number of hydrogen-bond acceptors (Lipinski definition) is 4. The van der Waals surface area contributed by atoms with Crippen LogP contribution in [-0.2, 0) is 13.0 Å². The third-order valence-electron chi connectivity index (χ3n) is 5.72. The molecule has 1 aliphatic heterocycles. The Bertz CT molecular complexity index is 1380. The molecule has 0 bridgehead atoms. The molecule has 0 fully saturated rings. The molecule has 7 nitrogen and oxygen atoms in total. The van der Waals surface area contributed by atoms with E-state index >= 15 is 0 Å². The molecule has 3 aromatic carbocycles. The van der Waals surface area contributed by atoms with Gasteiger partial charge in [-0.15, -0.1) is 0 Å². The third-order valence-corrected chi connectivity index (χ3v) is 5.72. The fraction of sp³-hybridized carbons (Fsp3) is 0.125. The molecule has 154 valence electrons. The predicted molar refractivity (Wildman–Crippen MR) is 115 cm³/mol. The summed E-state index contributed by atoms with van der Waals surface area (Å²) >= 11 is 0. The molecule has 5 rings (SSSR count). The molecule has 3 N–H and O–H groups in total. The lowest BCUT2D eigenvalue weighted by Crippen LogP contribution is -2.29. The topological polar surface area (TPSA) is 109 Å². The van der Waals surface area contributed by atoms with Crippen LogP contribution < -0.4 is 11.5 Å². The van der Waals surface area contributed by atoms with Crippen molar-refractivity contribution in [2.24, 2.45) is 5.73 Å². The second-order valence-electron chi connectivity index (χ2n) is 7.61. The number of aromatic nitrogens is 1. The molecule has 31 heavy (non-hydrogen) atoms. The molecule has 1 aliphatic rings. The molecule has 1 unspecified atom stereocenters. The monoisotopic (exact) mass is 413 g/mol. The summed E-state index contributed by atoms with van der Waals surface area (Å²) in [5, 5.41) is 0. The molecule has 0 saturated heterocycles. The standard InChI is InChI=1S/C24H19N3O4/c25-22(28)16-6-2-1-5-15(16)12-20-17-7-3-4-8-18(17)23(29)27(20)13-14-9-10-19-21(11-14)31-24(30)26-19/h1-11,20H,12-13H2,(H2,25,28)(H,26,30). The Balaban J connectivity index is 1.54. The minimum atomic E-state index is -0.516. The zero-order valence-electron chi connectivity index (χ0n) is 16.5. The highest BCUT2D eigenvalue weighted by Crippen LogP contribution is 2.37. The lowest BCUT2D eigenvalue weighted by Gasteiger charge is -2.26. The van der Waals surface area contributed by atoms with Crippen molar-refractivity contribution < 1.29 is 14.0 Å². The number of hydrogen-bond donors (Lipinski definition) is 2. The maximum atomic E-state index is 13.2. The summed E-state index contributed by atoms with van der Waals surface area (Å²) in [6.45, 7) is 0.335. The van der Waals surface area contributed by atoms with Crippen LogP contribution in [0.4, 0.5) is 0 Å². The number of nitrogens with zero attached hydrogens (tertiary/aromatic N) is 1. The van der Waals surface area contributed by atoms with Crippen molar-refractivity contribution in [3.63, 3.8) is 0 Å². The Hall–Kier alpha value is -4.13. The van der Waals surface area contributed by atoms with Gasteiger partial charge in [-0.1, -0.05) is 42.5 Å². The lowest BCUT2D eigenvalue weighted by atomic mass is 9.95. The van der Waals surface area contributed by atoms with Gasteiger partial charge in [-0.2, -0.15) is 0 Å². The predicted octanol–water partition coefficient (Wildman–Crippen LogP) is 3.16. The van der Waals surface area contributed by atoms with Gasteiger partial charge in [0.15, 0.2) is 5.58 Å². The van der Waals surface area contributed by atoms with Crippen LogP contribution in [0.25, 0.3) is 11.1 Å². The fourth-order valence-corrected chi connectivity index (χ4v) is 4.28. The van der Waals surface area contributed by atoms with Crippen LogP contribution in [0.3, 0.4) is 0 Å². The van der Waals surface area contributed by atoms with Crippen molar-refractivity contribution in [2.45, 2.75) is 19.0 Å². The Labute approximate surface area is 177 Å². The average Bonchev–Trinajstić information content (AvgIpc) is 3.26. The van der Waals surface area contributed by atoms with Crippen molar-refractivity contribution in [3.8, 4) is 0 Å². The number of fused-ring (bicyclic) bond motifs is 2. The van der Waals surface area contributed by atoms with E-state index in [9.17, 15) is 14.4 Å². The molecule has 1 atom stereocenters. The highest BCUT2D eigenvalue weighted by molar-refractivity contribution is 5.99. The number of nitrogens with two attached hydrogens (primary N) is 1. The molecule has 0 radical (unpaired) electrons. The minimum absolute atomic E-state index is 0.0761. The number of carbonyl (C=O) groups is 2. The van der Waals surface area contributed by atoms with E-state index in [0.717, 1.165) is 16.7 Å². The van der Waals surface area contributed by atoms with Gasteiger partial charge >= 0.3 is 5.76 Å². The van der Waals surface area contributed by atoms with Crippen molar-refractivity contribution in [1.29, 1.82) is 0 Å². The Morgan fingerprint density at radius 1 is 1.03 bits per heavy atom. The molecular formula is C24H19N3O4.